The molecule has 1 aromatic carbocycles. The van der Waals surface area contributed by atoms with Crippen molar-refractivity contribution in [2.45, 2.75) is 89.4 Å². The Hall–Kier alpha value is -2.24. The van der Waals surface area contributed by atoms with E-state index in [1.165, 1.54) is 0 Å². The highest BCUT2D eigenvalue weighted by molar-refractivity contribution is 5.70. The zero-order chi connectivity index (χ0) is 24.3. The van der Waals surface area contributed by atoms with Gasteiger partial charge < -0.3 is 38.5 Å². The number of esters is 1. The number of rotatable bonds is 8. The monoisotopic (exact) mass is 479 g/mol. The smallest absolute Gasteiger partial charge is 0.407 e. The molecule has 1 N–H and O–H groups in total. The summed E-state index contributed by atoms with van der Waals surface area (Å²) in [6.07, 6.45) is -2.97. The molecule has 0 bridgehead atoms. The van der Waals surface area contributed by atoms with Gasteiger partial charge in [0.05, 0.1) is 6.61 Å². The molecule has 3 fully saturated rings. The van der Waals surface area contributed by atoms with Crippen LogP contribution in [0.4, 0.5) is 4.79 Å². The van der Waals surface area contributed by atoms with Crippen LogP contribution < -0.4 is 5.32 Å². The van der Waals surface area contributed by atoms with E-state index in [0.29, 0.717) is 13.0 Å². The minimum Gasteiger partial charge on any atom is -0.456 e. The van der Waals surface area contributed by atoms with Crippen molar-refractivity contribution in [1.29, 1.82) is 0 Å². The van der Waals surface area contributed by atoms with Crippen LogP contribution in [-0.2, 0) is 44.6 Å². The molecule has 0 aromatic heterocycles. The van der Waals surface area contributed by atoms with E-state index >= 15 is 0 Å². The second-order valence-corrected chi connectivity index (χ2v) is 9.48. The molecule has 188 valence electrons. The number of carbonyl (C=O) groups excluding carboxylic acids is 2. The van der Waals surface area contributed by atoms with Crippen molar-refractivity contribution in [3.63, 3.8) is 0 Å². The van der Waals surface area contributed by atoms with Gasteiger partial charge in [0.15, 0.2) is 30.1 Å². The van der Waals surface area contributed by atoms with Crippen molar-refractivity contribution in [3.05, 3.63) is 35.9 Å². The van der Waals surface area contributed by atoms with Gasteiger partial charge in [-0.1, -0.05) is 30.3 Å². The van der Waals surface area contributed by atoms with Gasteiger partial charge in [-0.2, -0.15) is 0 Å². The van der Waals surface area contributed by atoms with Gasteiger partial charge in [-0.05, 0) is 39.7 Å². The van der Waals surface area contributed by atoms with Crippen molar-refractivity contribution in [1.82, 2.24) is 5.32 Å². The summed E-state index contributed by atoms with van der Waals surface area (Å²) < 4.78 is 40.3. The lowest BCUT2D eigenvalue weighted by Gasteiger charge is -2.28. The topological polar surface area (TPSA) is 111 Å². The molecule has 3 heterocycles. The molecule has 10 heteroatoms. The van der Waals surface area contributed by atoms with Crippen LogP contribution in [0.25, 0.3) is 0 Å². The molecular weight excluding hydrogens is 446 g/mol. The Labute approximate surface area is 199 Å². The molecule has 1 aromatic rings. The van der Waals surface area contributed by atoms with Crippen molar-refractivity contribution >= 4 is 12.1 Å². The second-order valence-electron chi connectivity index (χ2n) is 9.48. The van der Waals surface area contributed by atoms with Gasteiger partial charge in [0, 0.05) is 13.0 Å². The normalized spacial score (nSPS) is 31.1. The minimum absolute atomic E-state index is 0.108. The van der Waals surface area contributed by atoms with E-state index in [1.807, 2.05) is 44.2 Å². The van der Waals surface area contributed by atoms with Gasteiger partial charge in [0.1, 0.15) is 18.8 Å². The number of ether oxygens (including phenoxy) is 7. The number of carbonyl (C=O) groups is 2. The minimum atomic E-state index is -0.846. The Bertz CT molecular complexity index is 859. The molecule has 3 saturated heterocycles. The number of amides is 1. The molecule has 1 amide bonds. The summed E-state index contributed by atoms with van der Waals surface area (Å²) in [4.78, 5) is 24.4. The average molecular weight is 480 g/mol. The van der Waals surface area contributed by atoms with Gasteiger partial charge in [0.2, 0.25) is 0 Å². The van der Waals surface area contributed by atoms with E-state index in [0.717, 1.165) is 5.56 Å². The fraction of sp³-hybridized carbons (Fsp3) is 0.667. The number of hydrogen-bond acceptors (Lipinski definition) is 9. The van der Waals surface area contributed by atoms with E-state index in [-0.39, 0.29) is 19.6 Å². The summed E-state index contributed by atoms with van der Waals surface area (Å²) in [5.74, 6) is -2.02. The first-order valence-corrected chi connectivity index (χ1v) is 11.6. The van der Waals surface area contributed by atoms with Crippen LogP contribution in [0.2, 0.25) is 0 Å². The number of alkyl carbamates (subject to hydrolysis) is 1. The Morgan fingerprint density at radius 2 is 1.79 bits per heavy atom. The number of nitrogens with one attached hydrogen (secondary N) is 1. The SMILES string of the molecule is CC1(C)O[C@H]2O[C@H]([C@@H]3COC(C)(C)O3)[C@@H](OC(=O)CCCNC(=O)OCc3ccccc3)[C@@H]2O1. The zero-order valence-electron chi connectivity index (χ0n) is 20.0. The number of hydrogen-bond donors (Lipinski definition) is 1. The highest BCUT2D eigenvalue weighted by Crippen LogP contribution is 2.42. The van der Waals surface area contributed by atoms with Crippen molar-refractivity contribution < 1.29 is 42.7 Å². The third-order valence-corrected chi connectivity index (χ3v) is 5.73. The quantitative estimate of drug-likeness (QED) is 0.444. The third kappa shape index (κ3) is 6.25. The maximum absolute atomic E-state index is 12.6. The lowest BCUT2D eigenvalue weighted by atomic mass is 10.1. The van der Waals surface area contributed by atoms with Crippen LogP contribution in [0.15, 0.2) is 30.3 Å². The Balaban J connectivity index is 1.23. The molecule has 4 rings (SSSR count). The van der Waals surface area contributed by atoms with Gasteiger partial charge >= 0.3 is 12.1 Å². The third-order valence-electron chi connectivity index (χ3n) is 5.73. The molecule has 0 saturated carbocycles. The summed E-state index contributed by atoms with van der Waals surface area (Å²) in [7, 11) is 0. The van der Waals surface area contributed by atoms with Crippen molar-refractivity contribution in [2.24, 2.45) is 0 Å². The second kappa shape index (κ2) is 10.2. The zero-order valence-corrected chi connectivity index (χ0v) is 20.0. The van der Waals surface area contributed by atoms with Crippen molar-refractivity contribution in [2.75, 3.05) is 13.2 Å². The molecule has 0 spiro atoms. The van der Waals surface area contributed by atoms with Crippen LogP contribution in [0.3, 0.4) is 0 Å². The van der Waals surface area contributed by atoms with E-state index in [4.69, 9.17) is 33.2 Å². The molecule has 34 heavy (non-hydrogen) atoms. The molecule has 3 aliphatic heterocycles. The fourth-order valence-corrected chi connectivity index (χ4v) is 4.22. The van der Waals surface area contributed by atoms with Crippen molar-refractivity contribution in [3.8, 4) is 0 Å². The van der Waals surface area contributed by atoms with E-state index in [1.54, 1.807) is 13.8 Å². The van der Waals surface area contributed by atoms with E-state index in [9.17, 15) is 9.59 Å². The molecule has 5 atom stereocenters. The molecule has 0 aliphatic carbocycles. The summed E-state index contributed by atoms with van der Waals surface area (Å²) in [5, 5.41) is 2.64. The highest BCUT2D eigenvalue weighted by atomic mass is 16.8. The number of benzene rings is 1. The molecule has 0 unspecified atom stereocenters. The van der Waals surface area contributed by atoms with Crippen LogP contribution in [-0.4, -0.2) is 67.5 Å². The first-order valence-electron chi connectivity index (χ1n) is 11.6. The van der Waals surface area contributed by atoms with Crippen LogP contribution in [0, 0.1) is 0 Å². The molecule has 10 nitrogen and oxygen atoms in total. The van der Waals surface area contributed by atoms with E-state index in [2.05, 4.69) is 5.32 Å². The summed E-state index contributed by atoms with van der Waals surface area (Å²) in [5.41, 5.74) is 0.897. The molecular formula is C24H33NO9. The summed E-state index contributed by atoms with van der Waals surface area (Å²) in [6.45, 7) is 7.97. The van der Waals surface area contributed by atoms with Gasteiger partial charge in [-0.15, -0.1) is 0 Å². The highest BCUT2D eigenvalue weighted by Gasteiger charge is 2.59. The Morgan fingerprint density at radius 1 is 1.03 bits per heavy atom. The maximum Gasteiger partial charge on any atom is 0.407 e. The first-order chi connectivity index (χ1) is 16.1. The lowest BCUT2D eigenvalue weighted by molar-refractivity contribution is -0.235. The van der Waals surface area contributed by atoms with Gasteiger partial charge in [-0.25, -0.2) is 4.79 Å². The fourth-order valence-electron chi connectivity index (χ4n) is 4.22. The molecule has 0 radical (unpaired) electrons. The number of fused-ring (bicyclic) bond motifs is 1. The summed E-state index contributed by atoms with van der Waals surface area (Å²) >= 11 is 0. The van der Waals surface area contributed by atoms with Crippen LogP contribution in [0.1, 0.15) is 46.1 Å². The largest absolute Gasteiger partial charge is 0.456 e. The first kappa shape index (κ1) is 24.9. The Morgan fingerprint density at radius 3 is 2.50 bits per heavy atom. The summed E-state index contributed by atoms with van der Waals surface area (Å²) in [6, 6.07) is 9.39. The van der Waals surface area contributed by atoms with Crippen LogP contribution in [0.5, 0.6) is 0 Å². The molecule has 3 aliphatic rings. The lowest BCUT2D eigenvalue weighted by Crippen LogP contribution is -2.45. The Kier molecular flexibility index (Phi) is 7.44. The van der Waals surface area contributed by atoms with Gasteiger partial charge in [-0.3, -0.25) is 4.79 Å². The predicted octanol–water partition coefficient (Wildman–Crippen LogP) is 2.63. The van der Waals surface area contributed by atoms with Gasteiger partial charge in [0.25, 0.3) is 0 Å². The maximum atomic E-state index is 12.6. The average Bonchev–Trinajstić information content (AvgIpc) is 3.40. The standard InChI is InChI=1S/C24H33NO9/c1-23(2)29-14-16(32-23)18-19(20-21(31-18)34-24(3,4)33-20)30-17(26)11-8-12-25-22(27)28-13-15-9-6-5-7-10-15/h5-7,9-10,16,18-21H,8,11-14H2,1-4H3,(H,25,27)/t16-,18+,19+,20-,21+/m0/s1. The van der Waals surface area contributed by atoms with Crippen LogP contribution >= 0.6 is 0 Å². The predicted molar refractivity (Wildman–Crippen MR) is 117 cm³/mol. The van der Waals surface area contributed by atoms with E-state index < -0.39 is 54.3 Å².